The van der Waals surface area contributed by atoms with E-state index >= 15 is 0 Å². The first-order chi connectivity index (χ1) is 10.6. The minimum atomic E-state index is -0.869. The third-order valence-electron chi connectivity index (χ3n) is 3.50. The van der Waals surface area contributed by atoms with Crippen LogP contribution >= 0.6 is 23.2 Å². The van der Waals surface area contributed by atoms with Gasteiger partial charge in [-0.2, -0.15) is 0 Å². The maximum Gasteiger partial charge on any atom is 0.234 e. The van der Waals surface area contributed by atoms with Gasteiger partial charge in [-0.1, -0.05) is 29.3 Å². The third-order valence-corrected chi connectivity index (χ3v) is 4.06. The van der Waals surface area contributed by atoms with E-state index in [4.69, 9.17) is 27.9 Å². The van der Waals surface area contributed by atoms with E-state index in [1.807, 2.05) is 0 Å². The molecule has 0 bridgehead atoms. The van der Waals surface area contributed by atoms with Crippen molar-refractivity contribution in [2.24, 2.45) is 0 Å². The Morgan fingerprint density at radius 2 is 2.27 bits per heavy atom. The highest BCUT2D eigenvalue weighted by Gasteiger charge is 2.16. The molecule has 5 nitrogen and oxygen atoms in total. The van der Waals surface area contributed by atoms with Crippen molar-refractivity contribution < 1.29 is 14.6 Å². The number of amides is 1. The standard InChI is InChI=1S/C15H20Cl2N2O3/c16-10-3-4-12(13(17)6-10)14(20)8-19-15(21)9-18-7-11-2-1-5-22-11/h3-4,6,11,14,18,20H,1-2,5,7-9H2,(H,19,21). The largest absolute Gasteiger partial charge is 0.387 e. The summed E-state index contributed by atoms with van der Waals surface area (Å²) in [5.41, 5.74) is 0.540. The van der Waals surface area contributed by atoms with Crippen molar-refractivity contribution in [2.45, 2.75) is 25.0 Å². The van der Waals surface area contributed by atoms with Gasteiger partial charge < -0.3 is 20.5 Å². The Kier molecular flexibility index (Phi) is 6.92. The number of aliphatic hydroxyl groups is 1. The van der Waals surface area contributed by atoms with E-state index in [-0.39, 0.29) is 25.1 Å². The lowest BCUT2D eigenvalue weighted by atomic mass is 10.1. The van der Waals surface area contributed by atoms with E-state index < -0.39 is 6.10 Å². The van der Waals surface area contributed by atoms with Gasteiger partial charge in [-0.05, 0) is 25.0 Å². The lowest BCUT2D eigenvalue weighted by Crippen LogP contribution is -2.38. The van der Waals surface area contributed by atoms with Crippen molar-refractivity contribution in [2.75, 3.05) is 26.2 Å². The first-order valence-corrected chi connectivity index (χ1v) is 8.04. The molecule has 2 unspecified atom stereocenters. The second-order valence-corrected chi connectivity index (χ2v) is 6.10. The summed E-state index contributed by atoms with van der Waals surface area (Å²) in [7, 11) is 0. The summed E-state index contributed by atoms with van der Waals surface area (Å²) in [4.78, 5) is 11.7. The molecule has 2 rings (SSSR count). The number of aliphatic hydroxyl groups excluding tert-OH is 1. The Labute approximate surface area is 139 Å². The van der Waals surface area contributed by atoms with Gasteiger partial charge in [0.1, 0.15) is 0 Å². The van der Waals surface area contributed by atoms with Gasteiger partial charge in [-0.15, -0.1) is 0 Å². The lowest BCUT2D eigenvalue weighted by molar-refractivity contribution is -0.120. The fraction of sp³-hybridized carbons (Fsp3) is 0.533. The Hall–Kier alpha value is -0.850. The number of nitrogens with one attached hydrogen (secondary N) is 2. The maximum absolute atomic E-state index is 11.7. The van der Waals surface area contributed by atoms with E-state index in [1.165, 1.54) is 0 Å². The molecule has 1 aliphatic rings. The number of benzene rings is 1. The number of rotatable bonds is 7. The van der Waals surface area contributed by atoms with Crippen LogP contribution in [0.25, 0.3) is 0 Å². The summed E-state index contributed by atoms with van der Waals surface area (Å²) in [5.74, 6) is -0.179. The predicted molar refractivity (Wildman–Crippen MR) is 86.3 cm³/mol. The zero-order valence-corrected chi connectivity index (χ0v) is 13.7. The molecule has 1 amide bonds. The van der Waals surface area contributed by atoms with Crippen LogP contribution < -0.4 is 10.6 Å². The van der Waals surface area contributed by atoms with Crippen molar-refractivity contribution in [1.29, 1.82) is 0 Å². The Bertz CT molecular complexity index is 508. The second kappa shape index (κ2) is 8.70. The van der Waals surface area contributed by atoms with Gasteiger partial charge in [0, 0.05) is 35.3 Å². The first-order valence-electron chi connectivity index (χ1n) is 7.28. The van der Waals surface area contributed by atoms with Crippen molar-refractivity contribution in [3.63, 3.8) is 0 Å². The third kappa shape index (κ3) is 5.41. The number of halogens is 2. The molecule has 1 aromatic carbocycles. The van der Waals surface area contributed by atoms with Crippen LogP contribution in [-0.4, -0.2) is 43.4 Å². The summed E-state index contributed by atoms with van der Waals surface area (Å²) in [6, 6.07) is 4.86. The monoisotopic (exact) mass is 346 g/mol. The molecule has 7 heteroatoms. The van der Waals surface area contributed by atoms with E-state index in [0.29, 0.717) is 22.2 Å². The predicted octanol–water partition coefficient (Wildman–Crippen LogP) is 1.91. The molecule has 0 saturated carbocycles. The van der Waals surface area contributed by atoms with Crippen molar-refractivity contribution in [1.82, 2.24) is 10.6 Å². The van der Waals surface area contributed by atoms with Crippen LogP contribution in [0.2, 0.25) is 10.0 Å². The molecule has 1 heterocycles. The van der Waals surface area contributed by atoms with Crippen LogP contribution in [0.5, 0.6) is 0 Å². The second-order valence-electron chi connectivity index (χ2n) is 5.25. The highest BCUT2D eigenvalue weighted by molar-refractivity contribution is 6.35. The normalized spacial score (nSPS) is 19.1. The van der Waals surface area contributed by atoms with E-state index in [0.717, 1.165) is 19.4 Å². The van der Waals surface area contributed by atoms with Crippen LogP contribution in [0.3, 0.4) is 0 Å². The quantitative estimate of drug-likeness (QED) is 0.705. The molecule has 0 aliphatic carbocycles. The van der Waals surface area contributed by atoms with E-state index in [1.54, 1.807) is 18.2 Å². The van der Waals surface area contributed by atoms with Gasteiger partial charge >= 0.3 is 0 Å². The summed E-state index contributed by atoms with van der Waals surface area (Å²) in [6.07, 6.45) is 1.44. The van der Waals surface area contributed by atoms with E-state index in [9.17, 15) is 9.90 Å². The molecule has 0 spiro atoms. The van der Waals surface area contributed by atoms with Gasteiger partial charge in [-0.3, -0.25) is 4.79 Å². The van der Waals surface area contributed by atoms with Crippen molar-refractivity contribution >= 4 is 29.1 Å². The SMILES string of the molecule is O=C(CNCC1CCCO1)NCC(O)c1ccc(Cl)cc1Cl. The molecule has 0 aromatic heterocycles. The number of ether oxygens (including phenoxy) is 1. The number of hydrogen-bond acceptors (Lipinski definition) is 4. The minimum absolute atomic E-state index is 0.0990. The fourth-order valence-electron chi connectivity index (χ4n) is 2.31. The molecular weight excluding hydrogens is 327 g/mol. The molecule has 1 saturated heterocycles. The summed E-state index contributed by atoms with van der Waals surface area (Å²) in [6.45, 7) is 1.76. The van der Waals surface area contributed by atoms with E-state index in [2.05, 4.69) is 10.6 Å². The van der Waals surface area contributed by atoms with Crippen molar-refractivity contribution in [3.05, 3.63) is 33.8 Å². The first kappa shape index (κ1) is 17.5. The van der Waals surface area contributed by atoms with Gasteiger partial charge in [0.2, 0.25) is 5.91 Å². The van der Waals surface area contributed by atoms with Gasteiger partial charge in [0.25, 0.3) is 0 Å². The average Bonchev–Trinajstić information content (AvgIpc) is 2.98. The van der Waals surface area contributed by atoms with Gasteiger partial charge in [0.15, 0.2) is 0 Å². The molecule has 22 heavy (non-hydrogen) atoms. The summed E-state index contributed by atoms with van der Waals surface area (Å²) in [5, 5.41) is 16.7. The molecule has 1 fully saturated rings. The molecule has 0 radical (unpaired) electrons. The number of carbonyl (C=O) groups excluding carboxylic acids is 1. The molecular formula is C15H20Cl2N2O3. The number of carbonyl (C=O) groups is 1. The zero-order valence-electron chi connectivity index (χ0n) is 12.1. The van der Waals surface area contributed by atoms with Crippen LogP contribution in [-0.2, 0) is 9.53 Å². The highest BCUT2D eigenvalue weighted by Crippen LogP contribution is 2.25. The van der Waals surface area contributed by atoms with Crippen LogP contribution in [0.4, 0.5) is 0 Å². The Morgan fingerprint density at radius 1 is 1.45 bits per heavy atom. The van der Waals surface area contributed by atoms with Crippen LogP contribution in [0.1, 0.15) is 24.5 Å². The highest BCUT2D eigenvalue weighted by atomic mass is 35.5. The lowest BCUT2D eigenvalue weighted by Gasteiger charge is -2.15. The minimum Gasteiger partial charge on any atom is -0.387 e. The molecule has 1 aliphatic heterocycles. The van der Waals surface area contributed by atoms with Crippen molar-refractivity contribution in [3.8, 4) is 0 Å². The summed E-state index contributed by atoms with van der Waals surface area (Å²) >= 11 is 11.8. The molecule has 122 valence electrons. The Morgan fingerprint density at radius 3 is 2.95 bits per heavy atom. The van der Waals surface area contributed by atoms with Gasteiger partial charge in [0.05, 0.1) is 18.8 Å². The average molecular weight is 347 g/mol. The topological polar surface area (TPSA) is 70.6 Å². The van der Waals surface area contributed by atoms with Crippen LogP contribution in [0.15, 0.2) is 18.2 Å². The number of hydrogen-bond donors (Lipinski definition) is 3. The fourth-order valence-corrected chi connectivity index (χ4v) is 2.84. The smallest absolute Gasteiger partial charge is 0.234 e. The zero-order chi connectivity index (χ0) is 15.9. The molecule has 2 atom stereocenters. The Balaban J connectivity index is 1.68. The summed E-state index contributed by atoms with van der Waals surface area (Å²) < 4.78 is 5.45. The molecule has 3 N–H and O–H groups in total. The van der Waals surface area contributed by atoms with Crippen LogP contribution in [0, 0.1) is 0 Å². The molecule has 1 aromatic rings. The van der Waals surface area contributed by atoms with Gasteiger partial charge in [-0.25, -0.2) is 0 Å². The maximum atomic E-state index is 11.7.